The predicted molar refractivity (Wildman–Crippen MR) is 98.0 cm³/mol. The van der Waals surface area contributed by atoms with Crippen molar-refractivity contribution in [1.29, 1.82) is 0 Å². The lowest BCUT2D eigenvalue weighted by molar-refractivity contribution is 0.0665. The Morgan fingerprint density at radius 1 is 1.25 bits per heavy atom. The molecule has 1 aliphatic heterocycles. The zero-order chi connectivity index (χ0) is 19.7. The quantitative estimate of drug-likeness (QED) is 0.684. The highest BCUT2D eigenvalue weighted by Gasteiger charge is 2.29. The highest BCUT2D eigenvalue weighted by Crippen LogP contribution is 2.25. The average Bonchev–Trinajstić information content (AvgIpc) is 3.28. The molecule has 7 nitrogen and oxygen atoms in total. The standard InChI is InChI=1S/C20H21FN4O3/c1-12-18(13(2)27-23-12)20(26)25-9-5-6-14(11-25)10-17-22-19(24-28-17)15-7-3-4-8-16(15)21/h3-4,7-8,14H,5-6,9-11H2,1-2H3. The largest absolute Gasteiger partial charge is 0.361 e. The molecular formula is C20H21FN4O3. The van der Waals surface area contributed by atoms with E-state index in [1.807, 2.05) is 4.90 Å². The molecule has 1 aromatic carbocycles. The van der Waals surface area contributed by atoms with Crippen LogP contribution in [0.15, 0.2) is 33.3 Å². The molecule has 0 aliphatic carbocycles. The number of carbonyl (C=O) groups excluding carboxylic acids is 1. The van der Waals surface area contributed by atoms with Crippen molar-refractivity contribution < 1.29 is 18.2 Å². The number of benzene rings is 1. The maximum Gasteiger partial charge on any atom is 0.259 e. The van der Waals surface area contributed by atoms with Gasteiger partial charge in [-0.1, -0.05) is 22.4 Å². The summed E-state index contributed by atoms with van der Waals surface area (Å²) in [5.41, 5.74) is 1.47. The number of likely N-dealkylation sites (tertiary alicyclic amines) is 1. The van der Waals surface area contributed by atoms with E-state index < -0.39 is 0 Å². The molecule has 28 heavy (non-hydrogen) atoms. The smallest absolute Gasteiger partial charge is 0.259 e. The Kier molecular flexibility index (Phi) is 4.93. The zero-order valence-corrected chi connectivity index (χ0v) is 15.8. The summed E-state index contributed by atoms with van der Waals surface area (Å²) in [5.74, 6) is 0.993. The second-order valence-corrected chi connectivity index (χ2v) is 7.15. The van der Waals surface area contributed by atoms with Crippen molar-refractivity contribution in [2.24, 2.45) is 5.92 Å². The molecule has 1 fully saturated rings. The topological polar surface area (TPSA) is 85.3 Å². The highest BCUT2D eigenvalue weighted by molar-refractivity contribution is 5.96. The van der Waals surface area contributed by atoms with Crippen LogP contribution in [0.25, 0.3) is 11.4 Å². The molecule has 3 heterocycles. The fraction of sp³-hybridized carbons (Fsp3) is 0.400. The van der Waals surface area contributed by atoms with E-state index >= 15 is 0 Å². The molecule has 1 aliphatic rings. The third-order valence-electron chi connectivity index (χ3n) is 5.10. The van der Waals surface area contributed by atoms with Crippen LogP contribution in [0, 0.1) is 25.6 Å². The van der Waals surface area contributed by atoms with Gasteiger partial charge in [-0.05, 0) is 44.7 Å². The molecule has 4 rings (SSSR count). The lowest BCUT2D eigenvalue weighted by atomic mass is 9.94. The Balaban J connectivity index is 1.45. The molecule has 0 saturated carbocycles. The Bertz CT molecular complexity index is 978. The minimum absolute atomic E-state index is 0.0569. The number of amides is 1. The summed E-state index contributed by atoms with van der Waals surface area (Å²) in [5, 5.41) is 7.77. The van der Waals surface area contributed by atoms with E-state index in [1.165, 1.54) is 6.07 Å². The molecule has 1 unspecified atom stereocenters. The van der Waals surface area contributed by atoms with Crippen molar-refractivity contribution in [2.75, 3.05) is 13.1 Å². The average molecular weight is 384 g/mol. The molecule has 2 aromatic heterocycles. The van der Waals surface area contributed by atoms with Crippen LogP contribution >= 0.6 is 0 Å². The minimum atomic E-state index is -0.385. The molecule has 0 bridgehead atoms. The van der Waals surface area contributed by atoms with E-state index in [-0.39, 0.29) is 23.5 Å². The zero-order valence-electron chi connectivity index (χ0n) is 15.8. The van der Waals surface area contributed by atoms with Crippen molar-refractivity contribution in [2.45, 2.75) is 33.1 Å². The van der Waals surface area contributed by atoms with Gasteiger partial charge in [-0.2, -0.15) is 4.98 Å². The molecule has 1 amide bonds. The predicted octanol–water partition coefficient (Wildman–Crippen LogP) is 3.58. The van der Waals surface area contributed by atoms with Crippen molar-refractivity contribution in [3.05, 3.63) is 53.0 Å². The second kappa shape index (κ2) is 7.53. The number of piperidine rings is 1. The van der Waals surface area contributed by atoms with Gasteiger partial charge in [0.1, 0.15) is 17.1 Å². The molecule has 0 radical (unpaired) electrons. The summed E-state index contributed by atoms with van der Waals surface area (Å²) in [6.07, 6.45) is 2.41. The number of halogens is 1. The summed E-state index contributed by atoms with van der Waals surface area (Å²) in [4.78, 5) is 19.0. The lowest BCUT2D eigenvalue weighted by Crippen LogP contribution is -2.40. The van der Waals surface area contributed by atoms with Crippen LogP contribution in [-0.2, 0) is 6.42 Å². The molecule has 0 spiro atoms. The third kappa shape index (κ3) is 3.54. The number of carbonyl (C=O) groups is 1. The highest BCUT2D eigenvalue weighted by atomic mass is 19.1. The first-order chi connectivity index (χ1) is 13.5. The molecule has 1 atom stereocenters. The summed E-state index contributed by atoms with van der Waals surface area (Å²) in [6, 6.07) is 6.33. The Hall–Kier alpha value is -3.03. The second-order valence-electron chi connectivity index (χ2n) is 7.15. The monoisotopic (exact) mass is 384 g/mol. The van der Waals surface area contributed by atoms with Crippen molar-refractivity contribution >= 4 is 5.91 Å². The van der Waals surface area contributed by atoms with Crippen molar-refractivity contribution in [3.8, 4) is 11.4 Å². The number of aromatic nitrogens is 3. The first-order valence-electron chi connectivity index (χ1n) is 9.32. The summed E-state index contributed by atoms with van der Waals surface area (Å²) >= 11 is 0. The van der Waals surface area contributed by atoms with Gasteiger partial charge in [-0.15, -0.1) is 0 Å². The van der Waals surface area contributed by atoms with E-state index in [0.717, 1.165) is 12.8 Å². The lowest BCUT2D eigenvalue weighted by Gasteiger charge is -2.32. The summed E-state index contributed by atoms with van der Waals surface area (Å²) in [7, 11) is 0. The van der Waals surface area contributed by atoms with Crippen LogP contribution in [0.1, 0.15) is 40.5 Å². The van der Waals surface area contributed by atoms with Gasteiger partial charge in [0.2, 0.25) is 11.7 Å². The van der Waals surface area contributed by atoms with Crippen LogP contribution in [0.4, 0.5) is 4.39 Å². The van der Waals surface area contributed by atoms with Crippen LogP contribution in [0.2, 0.25) is 0 Å². The van der Waals surface area contributed by atoms with Crippen LogP contribution in [0.5, 0.6) is 0 Å². The summed E-state index contributed by atoms with van der Waals surface area (Å²) < 4.78 is 24.4. The first kappa shape index (κ1) is 18.3. The van der Waals surface area contributed by atoms with Gasteiger partial charge in [0, 0.05) is 19.5 Å². The van der Waals surface area contributed by atoms with E-state index in [0.29, 0.717) is 48.0 Å². The fourth-order valence-corrected chi connectivity index (χ4v) is 3.70. The Labute approximate surface area is 161 Å². The maximum absolute atomic E-state index is 13.9. The molecule has 146 valence electrons. The molecule has 1 saturated heterocycles. The van der Waals surface area contributed by atoms with Crippen LogP contribution in [-0.4, -0.2) is 39.2 Å². The van der Waals surface area contributed by atoms with E-state index in [2.05, 4.69) is 15.3 Å². The van der Waals surface area contributed by atoms with Gasteiger partial charge >= 0.3 is 0 Å². The molecule has 0 N–H and O–H groups in total. The Morgan fingerprint density at radius 3 is 2.82 bits per heavy atom. The number of hydrogen-bond acceptors (Lipinski definition) is 6. The van der Waals surface area contributed by atoms with Gasteiger partial charge in [0.15, 0.2) is 0 Å². The number of nitrogens with zero attached hydrogens (tertiary/aromatic N) is 4. The van der Waals surface area contributed by atoms with E-state index in [9.17, 15) is 9.18 Å². The number of hydrogen-bond donors (Lipinski definition) is 0. The SMILES string of the molecule is Cc1noc(C)c1C(=O)N1CCCC(Cc2nc(-c3ccccc3F)no2)C1. The number of rotatable bonds is 4. The third-order valence-corrected chi connectivity index (χ3v) is 5.10. The van der Waals surface area contributed by atoms with Gasteiger partial charge in [-0.3, -0.25) is 4.79 Å². The normalized spacial score (nSPS) is 17.1. The summed E-state index contributed by atoms with van der Waals surface area (Å²) in [6.45, 7) is 4.81. The van der Waals surface area contributed by atoms with E-state index in [4.69, 9.17) is 9.05 Å². The molecular weight excluding hydrogens is 363 g/mol. The molecule has 8 heteroatoms. The van der Waals surface area contributed by atoms with Gasteiger partial charge in [0.05, 0.1) is 11.3 Å². The van der Waals surface area contributed by atoms with Gasteiger partial charge < -0.3 is 13.9 Å². The van der Waals surface area contributed by atoms with Crippen LogP contribution < -0.4 is 0 Å². The number of aryl methyl sites for hydroxylation is 2. The van der Waals surface area contributed by atoms with E-state index in [1.54, 1.807) is 32.0 Å². The van der Waals surface area contributed by atoms with Gasteiger partial charge in [0.25, 0.3) is 5.91 Å². The first-order valence-corrected chi connectivity index (χ1v) is 9.32. The van der Waals surface area contributed by atoms with Gasteiger partial charge in [-0.25, -0.2) is 4.39 Å². The Morgan fingerprint density at radius 2 is 2.07 bits per heavy atom. The van der Waals surface area contributed by atoms with Crippen LogP contribution in [0.3, 0.4) is 0 Å². The fourth-order valence-electron chi connectivity index (χ4n) is 3.70. The maximum atomic E-state index is 13.9. The van der Waals surface area contributed by atoms with Crippen molar-refractivity contribution in [3.63, 3.8) is 0 Å². The minimum Gasteiger partial charge on any atom is -0.361 e. The van der Waals surface area contributed by atoms with Crippen molar-refractivity contribution in [1.82, 2.24) is 20.2 Å². The molecule has 3 aromatic rings.